The fourth-order valence-electron chi connectivity index (χ4n) is 1.59. The minimum Gasteiger partial charge on any atom is -0.504 e. The average Bonchev–Trinajstić information content (AvgIpc) is 2.41. The summed E-state index contributed by atoms with van der Waals surface area (Å²) in [6.07, 6.45) is 3.64. The number of fused-ring (bicyclic) bond motifs is 1. The van der Waals surface area contributed by atoms with E-state index in [2.05, 4.69) is 10.4 Å². The summed E-state index contributed by atoms with van der Waals surface area (Å²) in [7, 11) is 0. The van der Waals surface area contributed by atoms with Gasteiger partial charge in [0.2, 0.25) is 0 Å². The Labute approximate surface area is 122 Å². The van der Waals surface area contributed by atoms with Crippen LogP contribution in [-0.4, -0.2) is 20.5 Å². The molecular weight excluding hydrogens is 305 g/mol. The Hall–Kier alpha value is -2.09. The van der Waals surface area contributed by atoms with Crippen LogP contribution in [0.4, 0.5) is 0 Å². The van der Waals surface area contributed by atoms with Crippen molar-refractivity contribution in [2.24, 2.45) is 5.84 Å². The van der Waals surface area contributed by atoms with E-state index in [0.717, 1.165) is 10.9 Å². The Morgan fingerprint density at radius 3 is 2.85 bits per heavy atom. The fourth-order valence-corrected chi connectivity index (χ4v) is 2.13. The molecule has 0 saturated heterocycles. The molecule has 2 rings (SSSR count). The van der Waals surface area contributed by atoms with Gasteiger partial charge in [-0.1, -0.05) is 23.2 Å². The van der Waals surface area contributed by atoms with E-state index in [4.69, 9.17) is 34.5 Å². The number of nitrogens with two attached hydrogens (primary N) is 1. The second-order valence-corrected chi connectivity index (χ2v) is 4.53. The van der Waals surface area contributed by atoms with Crippen molar-refractivity contribution in [1.82, 2.24) is 15.0 Å². The predicted octanol–water partition coefficient (Wildman–Crippen LogP) is 1.21. The monoisotopic (exact) mass is 313 g/mol. The Bertz CT molecular complexity index is 784. The van der Waals surface area contributed by atoms with Crippen molar-refractivity contribution in [3.63, 3.8) is 0 Å². The van der Waals surface area contributed by atoms with E-state index in [1.54, 1.807) is 0 Å². The first-order valence-corrected chi connectivity index (χ1v) is 6.03. The lowest BCUT2D eigenvalue weighted by Crippen LogP contribution is -2.26. The smallest absolute Gasteiger partial charge is 0.268 e. The second-order valence-electron chi connectivity index (χ2n) is 3.72. The number of nitrogens with zero attached hydrogens (tertiary/aromatic N) is 2. The van der Waals surface area contributed by atoms with Gasteiger partial charge in [0.1, 0.15) is 17.7 Å². The van der Waals surface area contributed by atoms with Crippen LogP contribution in [0.15, 0.2) is 29.5 Å². The summed E-state index contributed by atoms with van der Waals surface area (Å²) in [6.45, 7) is 0. The Morgan fingerprint density at radius 2 is 2.20 bits per heavy atom. The van der Waals surface area contributed by atoms with E-state index in [-0.39, 0.29) is 32.5 Å². The molecule has 0 bridgehead atoms. The van der Waals surface area contributed by atoms with Crippen molar-refractivity contribution in [3.05, 3.63) is 45.1 Å². The lowest BCUT2D eigenvalue weighted by molar-refractivity contribution is 0.480. The Balaban J connectivity index is 2.75. The quantitative estimate of drug-likeness (QED) is 0.288. The number of aromatic nitrogens is 2. The van der Waals surface area contributed by atoms with Gasteiger partial charge in [-0.15, -0.1) is 0 Å². The van der Waals surface area contributed by atoms with Crippen molar-refractivity contribution in [3.8, 4) is 5.75 Å². The molecule has 0 saturated carbocycles. The van der Waals surface area contributed by atoms with E-state index in [0.29, 0.717) is 0 Å². The minimum atomic E-state index is -0.598. The number of halogens is 2. The zero-order valence-electron chi connectivity index (χ0n) is 9.89. The molecule has 0 unspecified atom stereocenters. The third-order valence-corrected chi connectivity index (χ3v) is 3.10. The van der Waals surface area contributed by atoms with Gasteiger partial charge in [-0.2, -0.15) is 0 Å². The zero-order valence-corrected chi connectivity index (χ0v) is 11.4. The Morgan fingerprint density at radius 1 is 1.50 bits per heavy atom. The van der Waals surface area contributed by atoms with Crippen LogP contribution >= 0.6 is 23.2 Å². The summed E-state index contributed by atoms with van der Waals surface area (Å²) in [6, 6.07) is 1.25. The molecule has 9 heteroatoms. The van der Waals surface area contributed by atoms with Crippen molar-refractivity contribution >= 4 is 39.9 Å². The molecule has 1 aromatic heterocycles. The van der Waals surface area contributed by atoms with Crippen LogP contribution in [0.2, 0.25) is 10.0 Å². The van der Waals surface area contributed by atoms with Gasteiger partial charge in [-0.05, 0) is 12.1 Å². The number of hydrazine groups is 1. The predicted molar refractivity (Wildman–Crippen MR) is 77.3 cm³/mol. The van der Waals surface area contributed by atoms with Gasteiger partial charge in [0, 0.05) is 6.20 Å². The number of hydrogen-bond acceptors (Lipinski definition) is 6. The van der Waals surface area contributed by atoms with E-state index in [1.807, 2.05) is 0 Å². The fraction of sp³-hybridized carbons (Fsp3) is 0. The molecule has 0 radical (unpaired) electrons. The summed E-state index contributed by atoms with van der Waals surface area (Å²) in [5.41, 5.74) is 1.60. The average molecular weight is 314 g/mol. The maximum atomic E-state index is 12.3. The first-order chi connectivity index (χ1) is 9.47. The molecule has 104 valence electrons. The van der Waals surface area contributed by atoms with Crippen LogP contribution < -0.4 is 16.8 Å². The van der Waals surface area contributed by atoms with Crippen LogP contribution in [0.5, 0.6) is 5.75 Å². The number of phenols is 1. The summed E-state index contributed by atoms with van der Waals surface area (Å²) in [5.74, 6) is 4.53. The number of nitrogens with one attached hydrogen (secondary N) is 2. The minimum absolute atomic E-state index is 0.00514. The molecule has 0 atom stereocenters. The Kier molecular flexibility index (Phi) is 3.93. The highest BCUT2D eigenvalue weighted by molar-refractivity contribution is 6.39. The van der Waals surface area contributed by atoms with Crippen molar-refractivity contribution in [2.45, 2.75) is 0 Å². The van der Waals surface area contributed by atoms with E-state index < -0.39 is 5.56 Å². The molecule has 5 N–H and O–H groups in total. The molecule has 0 aliphatic carbocycles. The molecule has 2 aromatic rings. The molecule has 0 aliphatic rings. The lowest BCUT2D eigenvalue weighted by Gasteiger charge is -2.08. The first kappa shape index (κ1) is 14.3. The summed E-state index contributed by atoms with van der Waals surface area (Å²) in [4.78, 5) is 16.2. The lowest BCUT2D eigenvalue weighted by atomic mass is 10.2. The van der Waals surface area contributed by atoms with Gasteiger partial charge in [-0.25, -0.2) is 4.98 Å². The number of allylic oxidation sites excluding steroid dienone is 1. The van der Waals surface area contributed by atoms with Crippen molar-refractivity contribution in [1.29, 1.82) is 5.41 Å². The van der Waals surface area contributed by atoms with Crippen LogP contribution in [-0.2, 0) is 0 Å². The van der Waals surface area contributed by atoms with Crippen LogP contribution in [0, 0.1) is 5.41 Å². The highest BCUT2D eigenvalue weighted by Crippen LogP contribution is 2.34. The molecule has 0 aliphatic heterocycles. The van der Waals surface area contributed by atoms with E-state index in [9.17, 15) is 9.90 Å². The number of phenolic OH excluding ortho intramolecular Hbond substituents is 1. The summed E-state index contributed by atoms with van der Waals surface area (Å²) in [5, 5.41) is 17.5. The SMILES string of the molecule is N=C(/C=C\NN)n1cnc2c(O)c(Cl)cc(Cl)c2c1=O. The third kappa shape index (κ3) is 2.34. The molecule has 1 heterocycles. The molecule has 1 aromatic carbocycles. The van der Waals surface area contributed by atoms with E-state index in [1.165, 1.54) is 18.3 Å². The molecule has 20 heavy (non-hydrogen) atoms. The van der Waals surface area contributed by atoms with Crippen molar-refractivity contribution < 1.29 is 5.11 Å². The van der Waals surface area contributed by atoms with Gasteiger partial charge in [0.25, 0.3) is 5.56 Å². The second kappa shape index (κ2) is 5.49. The largest absolute Gasteiger partial charge is 0.504 e. The van der Waals surface area contributed by atoms with Crippen LogP contribution in [0.3, 0.4) is 0 Å². The van der Waals surface area contributed by atoms with Gasteiger partial charge in [-0.3, -0.25) is 20.6 Å². The van der Waals surface area contributed by atoms with Crippen molar-refractivity contribution in [2.75, 3.05) is 0 Å². The van der Waals surface area contributed by atoms with Gasteiger partial charge in [0.05, 0.1) is 15.4 Å². The molecule has 0 amide bonds. The number of rotatable bonds is 2. The molecule has 0 spiro atoms. The summed E-state index contributed by atoms with van der Waals surface area (Å²) >= 11 is 11.7. The highest BCUT2D eigenvalue weighted by Gasteiger charge is 2.15. The molecular formula is C11H9Cl2N5O2. The topological polar surface area (TPSA) is 117 Å². The first-order valence-electron chi connectivity index (χ1n) is 5.27. The zero-order chi connectivity index (χ0) is 14.9. The molecule has 0 fully saturated rings. The highest BCUT2D eigenvalue weighted by atomic mass is 35.5. The van der Waals surface area contributed by atoms with Gasteiger partial charge in [0.15, 0.2) is 5.75 Å². The maximum absolute atomic E-state index is 12.3. The van der Waals surface area contributed by atoms with Gasteiger partial charge >= 0.3 is 0 Å². The number of hydrogen-bond donors (Lipinski definition) is 4. The third-order valence-electron chi connectivity index (χ3n) is 2.51. The summed E-state index contributed by atoms with van der Waals surface area (Å²) < 4.78 is 0.954. The maximum Gasteiger partial charge on any atom is 0.268 e. The van der Waals surface area contributed by atoms with Gasteiger partial charge < -0.3 is 10.5 Å². The van der Waals surface area contributed by atoms with Crippen LogP contribution in [0.1, 0.15) is 0 Å². The van der Waals surface area contributed by atoms with Crippen LogP contribution in [0.25, 0.3) is 10.9 Å². The number of benzene rings is 1. The van der Waals surface area contributed by atoms with E-state index >= 15 is 0 Å². The normalized spacial score (nSPS) is 11.2. The number of aromatic hydroxyl groups is 1. The standard InChI is InChI=1S/C11H9Cl2N5O2/c12-5-3-6(13)10(19)9-8(5)11(20)18(4-16-9)7(14)1-2-17-15/h1-4,14,17,19H,15H2/b2-1-,14-7?. The molecule has 7 nitrogen and oxygen atoms in total.